The first-order valence-corrected chi connectivity index (χ1v) is 11.0. The highest BCUT2D eigenvalue weighted by molar-refractivity contribution is 6.31. The molecule has 2 aromatic carbocycles. The van der Waals surface area contributed by atoms with Gasteiger partial charge in [0, 0.05) is 5.02 Å². The lowest BCUT2D eigenvalue weighted by atomic mass is 9.83. The molecule has 2 heterocycles. The second kappa shape index (κ2) is 9.16. The molecule has 168 valence electrons. The minimum absolute atomic E-state index is 0.219. The highest BCUT2D eigenvalue weighted by Gasteiger charge is 2.48. The molecule has 0 amide bonds. The van der Waals surface area contributed by atoms with Gasteiger partial charge in [0.15, 0.2) is 6.29 Å². The maximum atomic E-state index is 10.8. The Kier molecular flexibility index (Phi) is 6.70. The van der Waals surface area contributed by atoms with E-state index >= 15 is 0 Å². The topological polar surface area (TPSA) is 99.4 Å². The van der Waals surface area contributed by atoms with Gasteiger partial charge in [-0.05, 0) is 46.2 Å². The minimum Gasteiger partial charge on any atom is -0.394 e. The smallest absolute Gasteiger partial charge is 0.168 e. The van der Waals surface area contributed by atoms with Gasteiger partial charge in [0.2, 0.25) is 0 Å². The van der Waals surface area contributed by atoms with E-state index in [9.17, 15) is 20.4 Å². The van der Waals surface area contributed by atoms with Gasteiger partial charge in [-0.25, -0.2) is 0 Å². The molecule has 31 heavy (non-hydrogen) atoms. The molecule has 2 aliphatic heterocycles. The van der Waals surface area contributed by atoms with Crippen LogP contribution in [-0.2, 0) is 22.5 Å². The summed E-state index contributed by atoms with van der Waals surface area (Å²) in [5, 5.41) is 41.7. The molecule has 2 aromatic rings. The summed E-state index contributed by atoms with van der Waals surface area (Å²) in [6, 6.07) is 12.2. The summed E-state index contributed by atoms with van der Waals surface area (Å²) in [6.07, 6.45) is -5.56. The van der Waals surface area contributed by atoms with Gasteiger partial charge >= 0.3 is 0 Å². The zero-order valence-electron chi connectivity index (χ0n) is 17.6. The largest absolute Gasteiger partial charge is 0.394 e. The number of fused-ring (bicyclic) bond motifs is 3. The summed E-state index contributed by atoms with van der Waals surface area (Å²) in [6.45, 7) is 4.03. The first-order chi connectivity index (χ1) is 14.8. The van der Waals surface area contributed by atoms with Gasteiger partial charge in [-0.3, -0.25) is 0 Å². The van der Waals surface area contributed by atoms with E-state index in [2.05, 4.69) is 38.1 Å². The number of hydrogen-bond donors (Lipinski definition) is 4. The molecule has 4 N–H and O–H groups in total. The Morgan fingerprint density at radius 3 is 2.39 bits per heavy atom. The summed E-state index contributed by atoms with van der Waals surface area (Å²) in [5.74, 6) is -0.260. The van der Waals surface area contributed by atoms with E-state index in [4.69, 9.17) is 21.1 Å². The second-order valence-corrected chi connectivity index (χ2v) is 9.16. The van der Waals surface area contributed by atoms with Crippen LogP contribution in [-0.4, -0.2) is 57.7 Å². The van der Waals surface area contributed by atoms with Crippen molar-refractivity contribution in [3.05, 3.63) is 69.2 Å². The number of aliphatic hydroxyl groups is 4. The average molecular weight is 449 g/mol. The molecule has 1 saturated heterocycles. The lowest BCUT2D eigenvalue weighted by Crippen LogP contribution is -2.45. The highest BCUT2D eigenvalue weighted by atomic mass is 35.5. The molecule has 6 atom stereocenters. The monoisotopic (exact) mass is 448 g/mol. The fourth-order valence-electron chi connectivity index (χ4n) is 4.42. The van der Waals surface area contributed by atoms with Crippen molar-refractivity contribution in [1.82, 2.24) is 0 Å². The van der Waals surface area contributed by atoms with E-state index in [0.29, 0.717) is 17.4 Å². The van der Waals surface area contributed by atoms with Crippen LogP contribution in [0.3, 0.4) is 0 Å². The van der Waals surface area contributed by atoms with Crippen molar-refractivity contribution in [1.29, 1.82) is 0 Å². The SMILES string of the molecule is CC(C)c1ccc(Cc2cc3c(cc2Cl)CO[C@H]2O[C@H](CO)[C@@H](O)[C@H](O)[C@@H](O)[C@H]32)cc1. The van der Waals surface area contributed by atoms with Crippen LogP contribution in [0.2, 0.25) is 5.02 Å². The maximum absolute atomic E-state index is 10.8. The normalized spacial score (nSPS) is 30.6. The van der Waals surface area contributed by atoms with Gasteiger partial charge in [-0.2, -0.15) is 0 Å². The number of aliphatic hydroxyl groups excluding tert-OH is 4. The lowest BCUT2D eigenvalue weighted by Gasteiger charge is -2.36. The molecule has 6 nitrogen and oxygen atoms in total. The summed E-state index contributed by atoms with van der Waals surface area (Å²) >= 11 is 6.56. The van der Waals surface area contributed by atoms with Crippen molar-refractivity contribution in [2.75, 3.05) is 6.61 Å². The molecule has 0 saturated carbocycles. The van der Waals surface area contributed by atoms with Gasteiger partial charge in [0.05, 0.1) is 25.2 Å². The molecular formula is C24H29ClO6. The highest BCUT2D eigenvalue weighted by Crippen LogP contribution is 2.41. The molecule has 2 aliphatic rings. The van der Waals surface area contributed by atoms with E-state index in [1.165, 1.54) is 5.56 Å². The third-order valence-corrected chi connectivity index (χ3v) is 6.69. The minimum atomic E-state index is -1.48. The van der Waals surface area contributed by atoms with Crippen molar-refractivity contribution in [3.8, 4) is 0 Å². The Labute approximate surface area is 187 Å². The Bertz CT molecular complexity index is 915. The van der Waals surface area contributed by atoms with Crippen LogP contribution in [0.25, 0.3) is 0 Å². The molecule has 7 heteroatoms. The van der Waals surface area contributed by atoms with Gasteiger partial charge in [0.25, 0.3) is 0 Å². The van der Waals surface area contributed by atoms with Crippen LogP contribution in [0.5, 0.6) is 0 Å². The predicted molar refractivity (Wildman–Crippen MR) is 116 cm³/mol. The summed E-state index contributed by atoms with van der Waals surface area (Å²) in [4.78, 5) is 0. The van der Waals surface area contributed by atoms with E-state index in [1.54, 1.807) is 0 Å². The Morgan fingerprint density at radius 1 is 1.03 bits per heavy atom. The fraction of sp³-hybridized carbons (Fsp3) is 0.500. The van der Waals surface area contributed by atoms with Crippen LogP contribution >= 0.6 is 11.6 Å². The van der Waals surface area contributed by atoms with Crippen molar-refractivity contribution in [2.24, 2.45) is 0 Å². The Balaban J connectivity index is 1.67. The van der Waals surface area contributed by atoms with Gasteiger partial charge in [-0.1, -0.05) is 55.8 Å². The zero-order valence-corrected chi connectivity index (χ0v) is 18.4. The fourth-order valence-corrected chi connectivity index (χ4v) is 4.67. The first kappa shape index (κ1) is 22.7. The number of benzene rings is 2. The van der Waals surface area contributed by atoms with Crippen LogP contribution in [0.4, 0.5) is 0 Å². The van der Waals surface area contributed by atoms with Crippen LogP contribution in [0.15, 0.2) is 36.4 Å². The molecule has 0 bridgehead atoms. The molecule has 0 aliphatic carbocycles. The standard InChI is InChI=1S/C24H29ClO6/c1-12(2)14-5-3-13(4-6-14)7-15-8-17-16(9-18(15)25)11-30-24-20(17)22(28)23(29)21(27)19(10-26)31-24/h3-6,8-9,12,19-24,26-29H,7,10-11H2,1-2H3/t19-,20+,21-,22+,23+,24+/m1/s1. The number of halogens is 1. The number of hydrogen-bond acceptors (Lipinski definition) is 6. The third-order valence-electron chi connectivity index (χ3n) is 6.34. The van der Waals surface area contributed by atoms with Crippen LogP contribution in [0, 0.1) is 0 Å². The van der Waals surface area contributed by atoms with E-state index in [1.807, 2.05) is 12.1 Å². The molecule has 4 rings (SSSR count). The van der Waals surface area contributed by atoms with Crippen LogP contribution < -0.4 is 0 Å². The molecule has 0 aromatic heterocycles. The Morgan fingerprint density at radius 2 is 1.74 bits per heavy atom. The lowest BCUT2D eigenvalue weighted by molar-refractivity contribution is -0.214. The van der Waals surface area contributed by atoms with E-state index in [-0.39, 0.29) is 6.61 Å². The van der Waals surface area contributed by atoms with Crippen molar-refractivity contribution < 1.29 is 29.9 Å². The van der Waals surface area contributed by atoms with Crippen molar-refractivity contribution >= 4 is 11.6 Å². The zero-order chi connectivity index (χ0) is 22.3. The first-order valence-electron chi connectivity index (χ1n) is 10.6. The Hall–Kier alpha value is -1.51. The average Bonchev–Trinajstić information content (AvgIpc) is 2.85. The van der Waals surface area contributed by atoms with Gasteiger partial charge in [0.1, 0.15) is 18.3 Å². The summed E-state index contributed by atoms with van der Waals surface area (Å²) in [5.41, 5.74) is 4.85. The van der Waals surface area contributed by atoms with Crippen molar-refractivity contribution in [2.45, 2.75) is 69.4 Å². The molecule has 0 spiro atoms. The molecule has 1 fully saturated rings. The summed E-state index contributed by atoms with van der Waals surface area (Å²) in [7, 11) is 0. The third kappa shape index (κ3) is 4.39. The van der Waals surface area contributed by atoms with E-state index < -0.39 is 43.2 Å². The van der Waals surface area contributed by atoms with Gasteiger partial charge in [-0.15, -0.1) is 0 Å². The second-order valence-electron chi connectivity index (χ2n) is 8.75. The maximum Gasteiger partial charge on any atom is 0.168 e. The number of ether oxygens (including phenoxy) is 2. The molecule has 0 radical (unpaired) electrons. The predicted octanol–water partition coefficient (Wildman–Crippen LogP) is 2.47. The molecule has 0 unspecified atom stereocenters. The summed E-state index contributed by atoms with van der Waals surface area (Å²) < 4.78 is 11.5. The van der Waals surface area contributed by atoms with Crippen LogP contribution in [0.1, 0.15) is 53.5 Å². The van der Waals surface area contributed by atoms with Gasteiger partial charge < -0.3 is 29.9 Å². The quantitative estimate of drug-likeness (QED) is 0.573. The van der Waals surface area contributed by atoms with Crippen molar-refractivity contribution in [3.63, 3.8) is 0 Å². The van der Waals surface area contributed by atoms with E-state index in [0.717, 1.165) is 22.3 Å². The number of rotatable bonds is 4. The molecular weight excluding hydrogens is 420 g/mol.